The zero-order valence-corrected chi connectivity index (χ0v) is 17.9. The van der Waals surface area contributed by atoms with Crippen LogP contribution in [-0.2, 0) is 19.3 Å². The zero-order valence-electron chi connectivity index (χ0n) is 15.5. The highest BCUT2D eigenvalue weighted by molar-refractivity contribution is 7.71. The summed E-state index contributed by atoms with van der Waals surface area (Å²) in [5, 5.41) is 2.52. The fourth-order valence-electron chi connectivity index (χ4n) is 3.79. The van der Waals surface area contributed by atoms with E-state index in [1.165, 1.54) is 9.55 Å². The maximum atomic E-state index is 13.2. The molecular formula is C19H21N3O2S3. The summed E-state index contributed by atoms with van der Waals surface area (Å²) in [6.45, 7) is 6.26. The summed E-state index contributed by atoms with van der Waals surface area (Å²) in [5.41, 5.74) is 5.23. The van der Waals surface area contributed by atoms with Gasteiger partial charge in [0.25, 0.3) is 11.5 Å². The third kappa shape index (κ3) is 3.09. The van der Waals surface area contributed by atoms with Crippen molar-refractivity contribution in [1.29, 1.82) is 0 Å². The summed E-state index contributed by atoms with van der Waals surface area (Å²) in [4.78, 5) is 32.3. The molecule has 0 unspecified atom stereocenters. The van der Waals surface area contributed by atoms with Crippen LogP contribution in [0.3, 0.4) is 0 Å². The van der Waals surface area contributed by atoms with Gasteiger partial charge in [-0.05, 0) is 61.9 Å². The molecule has 2 N–H and O–H groups in total. The molecule has 0 fully saturated rings. The van der Waals surface area contributed by atoms with Gasteiger partial charge in [-0.15, -0.1) is 22.7 Å². The van der Waals surface area contributed by atoms with Crippen LogP contribution in [0.4, 0.5) is 0 Å². The van der Waals surface area contributed by atoms with Crippen LogP contribution < -0.4 is 11.0 Å². The van der Waals surface area contributed by atoms with Crippen LogP contribution in [-0.4, -0.2) is 15.6 Å². The van der Waals surface area contributed by atoms with Crippen LogP contribution in [0, 0.1) is 17.6 Å². The zero-order chi connectivity index (χ0) is 19.3. The van der Waals surface area contributed by atoms with E-state index in [1.54, 1.807) is 22.7 Å². The Bertz CT molecular complexity index is 1170. The van der Waals surface area contributed by atoms with Crippen molar-refractivity contribution in [3.8, 4) is 0 Å². The fourth-order valence-corrected chi connectivity index (χ4v) is 6.43. The third-order valence-corrected chi connectivity index (χ3v) is 7.68. The number of amides is 1. The standard InChI is InChI=1S/C19H21N3O2S3/c1-4-11-10(3)26-8-13(11)16(23)21-22-18(24)15-12-6-5-9(2)7-14(12)27-17(15)20-19(22)25/h8-9H,4-7H2,1-3H3,(H,20,25)(H,21,23)/t9-/m0/s1. The molecule has 1 amide bonds. The van der Waals surface area contributed by atoms with E-state index < -0.39 is 0 Å². The molecule has 142 valence electrons. The van der Waals surface area contributed by atoms with Crippen LogP contribution in [0.2, 0.25) is 0 Å². The average molecular weight is 420 g/mol. The molecule has 1 atom stereocenters. The number of hydrogen-bond donors (Lipinski definition) is 2. The molecule has 8 heteroatoms. The molecule has 0 saturated carbocycles. The van der Waals surface area contributed by atoms with E-state index in [0.717, 1.165) is 46.5 Å². The lowest BCUT2D eigenvalue weighted by atomic mass is 9.89. The molecule has 0 saturated heterocycles. The molecule has 0 aromatic carbocycles. The smallest absolute Gasteiger partial charge is 0.282 e. The Morgan fingerprint density at radius 1 is 1.48 bits per heavy atom. The van der Waals surface area contributed by atoms with Crippen LogP contribution in [0.1, 0.15) is 51.5 Å². The van der Waals surface area contributed by atoms with E-state index in [4.69, 9.17) is 12.2 Å². The molecule has 0 aliphatic heterocycles. The lowest BCUT2D eigenvalue weighted by Crippen LogP contribution is -2.34. The first-order chi connectivity index (χ1) is 12.9. The van der Waals surface area contributed by atoms with Gasteiger partial charge in [0.2, 0.25) is 4.77 Å². The fraction of sp³-hybridized carbons (Fsp3) is 0.421. The quantitative estimate of drug-likeness (QED) is 0.612. The van der Waals surface area contributed by atoms with Gasteiger partial charge in [0.1, 0.15) is 4.83 Å². The van der Waals surface area contributed by atoms with E-state index in [0.29, 0.717) is 16.9 Å². The van der Waals surface area contributed by atoms with Gasteiger partial charge in [0, 0.05) is 15.1 Å². The minimum atomic E-state index is -0.296. The molecule has 3 aromatic rings. The predicted molar refractivity (Wildman–Crippen MR) is 115 cm³/mol. The number of fused-ring (bicyclic) bond motifs is 3. The number of nitrogens with one attached hydrogen (secondary N) is 2. The number of rotatable bonds is 3. The van der Waals surface area contributed by atoms with Crippen molar-refractivity contribution in [1.82, 2.24) is 9.66 Å². The van der Waals surface area contributed by atoms with E-state index >= 15 is 0 Å². The summed E-state index contributed by atoms with van der Waals surface area (Å²) >= 11 is 8.53. The number of carbonyl (C=O) groups excluding carboxylic acids is 1. The van der Waals surface area contributed by atoms with Crippen molar-refractivity contribution in [2.45, 2.75) is 46.5 Å². The van der Waals surface area contributed by atoms with Crippen molar-refractivity contribution in [2.75, 3.05) is 5.43 Å². The molecule has 0 bridgehead atoms. The van der Waals surface area contributed by atoms with Gasteiger partial charge in [-0.25, -0.2) is 0 Å². The Balaban J connectivity index is 1.79. The van der Waals surface area contributed by atoms with Gasteiger partial charge in [0.05, 0.1) is 10.9 Å². The molecule has 27 heavy (non-hydrogen) atoms. The summed E-state index contributed by atoms with van der Waals surface area (Å²) in [6.07, 6.45) is 3.74. The first-order valence-corrected chi connectivity index (χ1v) is 11.2. The monoisotopic (exact) mass is 419 g/mol. The summed E-state index contributed by atoms with van der Waals surface area (Å²) in [6, 6.07) is 0. The number of nitrogens with zero attached hydrogens (tertiary/aromatic N) is 1. The molecule has 1 aliphatic rings. The number of H-pyrrole nitrogens is 1. The SMILES string of the molecule is CCc1c(C(=O)Nn2c(=S)[nH]c3sc4c(c3c2=O)CC[C@H](C)C4)csc1C. The minimum Gasteiger partial charge on any atom is -0.322 e. The first kappa shape index (κ1) is 18.6. The van der Waals surface area contributed by atoms with Crippen molar-refractivity contribution in [2.24, 2.45) is 5.92 Å². The first-order valence-electron chi connectivity index (χ1n) is 9.08. The Kier molecular flexibility index (Phi) is 4.82. The van der Waals surface area contributed by atoms with Gasteiger partial charge in [-0.3, -0.25) is 15.0 Å². The third-order valence-electron chi connectivity index (χ3n) is 5.27. The molecule has 0 radical (unpaired) electrons. The summed E-state index contributed by atoms with van der Waals surface area (Å²) in [7, 11) is 0. The number of aromatic amines is 1. The second-order valence-electron chi connectivity index (χ2n) is 7.11. The van der Waals surface area contributed by atoms with Gasteiger partial charge >= 0.3 is 0 Å². The second kappa shape index (κ2) is 7.00. The minimum absolute atomic E-state index is 0.220. The lowest BCUT2D eigenvalue weighted by molar-refractivity contribution is 0.101. The number of aryl methyl sites for hydroxylation is 2. The number of thiophene rings is 2. The number of carbonyl (C=O) groups is 1. The molecular weight excluding hydrogens is 398 g/mol. The van der Waals surface area contributed by atoms with Crippen molar-refractivity contribution < 1.29 is 4.79 Å². The van der Waals surface area contributed by atoms with Crippen LogP contribution in [0.5, 0.6) is 0 Å². The van der Waals surface area contributed by atoms with Crippen molar-refractivity contribution >= 4 is 51.0 Å². The van der Waals surface area contributed by atoms with E-state index in [2.05, 4.69) is 17.3 Å². The maximum Gasteiger partial charge on any atom is 0.282 e. The Hall–Kier alpha value is -1.77. The average Bonchev–Trinajstić information content (AvgIpc) is 3.17. The normalized spacial score (nSPS) is 16.5. The highest BCUT2D eigenvalue weighted by atomic mass is 32.1. The molecule has 1 aliphatic carbocycles. The van der Waals surface area contributed by atoms with Gasteiger partial charge in [-0.2, -0.15) is 4.68 Å². The van der Waals surface area contributed by atoms with Gasteiger partial charge in [-0.1, -0.05) is 13.8 Å². The topological polar surface area (TPSA) is 66.9 Å². The van der Waals surface area contributed by atoms with Crippen molar-refractivity contribution in [3.63, 3.8) is 0 Å². The number of aromatic nitrogens is 2. The van der Waals surface area contributed by atoms with Crippen LogP contribution in [0.25, 0.3) is 10.2 Å². The molecule has 4 rings (SSSR count). The Morgan fingerprint density at radius 2 is 2.26 bits per heavy atom. The van der Waals surface area contributed by atoms with Gasteiger partial charge in [0.15, 0.2) is 0 Å². The predicted octanol–water partition coefficient (Wildman–Crippen LogP) is 4.56. The highest BCUT2D eigenvalue weighted by Crippen LogP contribution is 2.35. The Labute approximate surface area is 170 Å². The van der Waals surface area contributed by atoms with Gasteiger partial charge < -0.3 is 4.98 Å². The number of hydrogen-bond acceptors (Lipinski definition) is 5. The molecule has 5 nitrogen and oxygen atoms in total. The second-order valence-corrected chi connectivity index (χ2v) is 9.68. The summed E-state index contributed by atoms with van der Waals surface area (Å²) in [5.74, 6) is 0.333. The van der Waals surface area contributed by atoms with E-state index in [9.17, 15) is 9.59 Å². The molecule has 3 aromatic heterocycles. The van der Waals surface area contributed by atoms with Crippen LogP contribution in [0.15, 0.2) is 10.2 Å². The lowest BCUT2D eigenvalue weighted by Gasteiger charge is -2.17. The highest BCUT2D eigenvalue weighted by Gasteiger charge is 2.24. The largest absolute Gasteiger partial charge is 0.322 e. The van der Waals surface area contributed by atoms with E-state index in [-0.39, 0.29) is 16.2 Å². The van der Waals surface area contributed by atoms with Crippen LogP contribution >= 0.6 is 34.9 Å². The van der Waals surface area contributed by atoms with E-state index in [1.807, 2.05) is 19.2 Å². The van der Waals surface area contributed by atoms with Crippen molar-refractivity contribution in [3.05, 3.63) is 46.9 Å². The Morgan fingerprint density at radius 3 is 3.00 bits per heavy atom. The summed E-state index contributed by atoms with van der Waals surface area (Å²) < 4.78 is 1.41. The molecule has 0 spiro atoms. The molecule has 3 heterocycles. The maximum absolute atomic E-state index is 13.2.